The SMILES string of the molecule is CC1(C)C(N)C(C)(C)C1NC(=O)C1COc2ccccc21. The van der Waals surface area contributed by atoms with E-state index in [1.54, 1.807) is 0 Å². The van der Waals surface area contributed by atoms with Gasteiger partial charge in [-0.25, -0.2) is 0 Å². The van der Waals surface area contributed by atoms with Crippen LogP contribution in [0, 0.1) is 10.8 Å². The van der Waals surface area contributed by atoms with Gasteiger partial charge in [-0.15, -0.1) is 0 Å². The lowest BCUT2D eigenvalue weighted by Gasteiger charge is -2.63. The van der Waals surface area contributed by atoms with Crippen LogP contribution in [-0.2, 0) is 4.79 Å². The maximum Gasteiger partial charge on any atom is 0.231 e. The van der Waals surface area contributed by atoms with Crippen molar-refractivity contribution in [3.8, 4) is 5.75 Å². The third kappa shape index (κ3) is 1.96. The summed E-state index contributed by atoms with van der Waals surface area (Å²) in [5.41, 5.74) is 7.06. The summed E-state index contributed by atoms with van der Waals surface area (Å²) in [5.74, 6) is 0.643. The van der Waals surface area contributed by atoms with E-state index in [2.05, 4.69) is 33.0 Å². The highest BCUT2D eigenvalue weighted by Gasteiger charge is 2.60. The zero-order valence-corrected chi connectivity index (χ0v) is 13.1. The van der Waals surface area contributed by atoms with Crippen LogP contribution in [-0.4, -0.2) is 24.6 Å². The van der Waals surface area contributed by atoms with E-state index in [9.17, 15) is 4.79 Å². The number of carbonyl (C=O) groups excluding carboxylic acids is 1. The van der Waals surface area contributed by atoms with Crippen molar-refractivity contribution in [3.05, 3.63) is 29.8 Å². The van der Waals surface area contributed by atoms with E-state index in [0.717, 1.165) is 11.3 Å². The molecule has 1 saturated carbocycles. The van der Waals surface area contributed by atoms with Gasteiger partial charge in [0.1, 0.15) is 18.3 Å². The van der Waals surface area contributed by atoms with Crippen LogP contribution in [0.5, 0.6) is 5.75 Å². The highest BCUT2D eigenvalue weighted by Crippen LogP contribution is 2.52. The molecule has 3 N–H and O–H groups in total. The van der Waals surface area contributed by atoms with Gasteiger partial charge in [-0.05, 0) is 6.07 Å². The Morgan fingerprint density at radius 1 is 1.24 bits per heavy atom. The maximum absolute atomic E-state index is 12.7. The molecule has 1 heterocycles. The first kappa shape index (κ1) is 14.4. The Balaban J connectivity index is 1.77. The Bertz CT molecular complexity index is 564. The molecule has 4 heteroatoms. The molecule has 1 amide bonds. The molecule has 0 bridgehead atoms. The molecule has 0 radical (unpaired) electrons. The van der Waals surface area contributed by atoms with Crippen LogP contribution in [0.4, 0.5) is 0 Å². The molecule has 3 rings (SSSR count). The van der Waals surface area contributed by atoms with Crippen LogP contribution in [0.3, 0.4) is 0 Å². The first-order chi connectivity index (χ1) is 9.76. The van der Waals surface area contributed by atoms with Gasteiger partial charge in [-0.2, -0.15) is 0 Å². The molecule has 0 aromatic heterocycles. The fraction of sp³-hybridized carbons (Fsp3) is 0.588. The fourth-order valence-electron chi connectivity index (χ4n) is 4.18. The molecule has 1 aromatic carbocycles. The van der Waals surface area contributed by atoms with Gasteiger partial charge in [-0.1, -0.05) is 45.9 Å². The highest BCUT2D eigenvalue weighted by atomic mass is 16.5. The van der Waals surface area contributed by atoms with Crippen molar-refractivity contribution in [1.82, 2.24) is 5.32 Å². The van der Waals surface area contributed by atoms with E-state index in [1.807, 2.05) is 24.3 Å². The predicted molar refractivity (Wildman–Crippen MR) is 82.1 cm³/mol. The zero-order chi connectivity index (χ0) is 15.4. The lowest BCUT2D eigenvalue weighted by Crippen LogP contribution is -2.76. The van der Waals surface area contributed by atoms with Gasteiger partial charge in [0, 0.05) is 28.5 Å². The molecule has 1 atom stereocenters. The van der Waals surface area contributed by atoms with Crippen molar-refractivity contribution >= 4 is 5.91 Å². The Kier molecular flexibility index (Phi) is 3.06. The van der Waals surface area contributed by atoms with E-state index in [-0.39, 0.29) is 34.7 Å². The summed E-state index contributed by atoms with van der Waals surface area (Å²) in [6.45, 7) is 8.89. The van der Waals surface area contributed by atoms with Gasteiger partial charge in [0.05, 0.1) is 0 Å². The normalized spacial score (nSPS) is 31.8. The summed E-state index contributed by atoms with van der Waals surface area (Å²) in [4.78, 5) is 12.7. The number of hydrogen-bond acceptors (Lipinski definition) is 3. The van der Waals surface area contributed by atoms with Crippen LogP contribution < -0.4 is 15.8 Å². The van der Waals surface area contributed by atoms with Crippen molar-refractivity contribution in [3.63, 3.8) is 0 Å². The van der Waals surface area contributed by atoms with Crippen molar-refractivity contribution in [1.29, 1.82) is 0 Å². The van der Waals surface area contributed by atoms with Crippen LogP contribution >= 0.6 is 0 Å². The third-order valence-electron chi connectivity index (χ3n) is 5.39. The van der Waals surface area contributed by atoms with E-state index < -0.39 is 0 Å². The number of amides is 1. The molecule has 4 nitrogen and oxygen atoms in total. The molecule has 21 heavy (non-hydrogen) atoms. The standard InChI is InChI=1S/C17H24N2O2/c1-16(2)14(18)17(3,4)15(16)19-13(20)11-9-21-12-8-6-5-7-10(11)12/h5-8,11,14-15H,9,18H2,1-4H3,(H,19,20). The van der Waals surface area contributed by atoms with Crippen LogP contribution in [0.25, 0.3) is 0 Å². The minimum absolute atomic E-state index is 0.0398. The molecule has 1 unspecified atom stereocenters. The van der Waals surface area contributed by atoms with Crippen molar-refractivity contribution < 1.29 is 9.53 Å². The molecular formula is C17H24N2O2. The average Bonchev–Trinajstić information content (AvgIpc) is 2.87. The zero-order valence-electron chi connectivity index (χ0n) is 13.1. The molecule has 1 aliphatic carbocycles. The molecule has 0 spiro atoms. The monoisotopic (exact) mass is 288 g/mol. The largest absolute Gasteiger partial charge is 0.492 e. The Morgan fingerprint density at radius 3 is 2.52 bits per heavy atom. The second-order valence-corrected chi connectivity index (χ2v) is 7.46. The van der Waals surface area contributed by atoms with Crippen LogP contribution in [0.15, 0.2) is 24.3 Å². The van der Waals surface area contributed by atoms with Gasteiger partial charge in [0.25, 0.3) is 0 Å². The second kappa shape index (κ2) is 4.47. The number of nitrogens with two attached hydrogens (primary N) is 1. The summed E-state index contributed by atoms with van der Waals surface area (Å²) >= 11 is 0. The van der Waals surface area contributed by atoms with Crippen molar-refractivity contribution in [2.24, 2.45) is 16.6 Å². The lowest BCUT2D eigenvalue weighted by atomic mass is 9.48. The molecule has 1 aromatic rings. The lowest BCUT2D eigenvalue weighted by molar-refractivity contribution is -0.133. The third-order valence-corrected chi connectivity index (χ3v) is 5.39. The predicted octanol–water partition coefficient (Wildman–Crippen LogP) is 2.04. The molecule has 114 valence electrons. The summed E-state index contributed by atoms with van der Waals surface area (Å²) in [7, 11) is 0. The van der Waals surface area contributed by atoms with Crippen LogP contribution in [0.1, 0.15) is 39.2 Å². The first-order valence-corrected chi connectivity index (χ1v) is 7.54. The topological polar surface area (TPSA) is 64.3 Å². The van der Waals surface area contributed by atoms with E-state index in [0.29, 0.717) is 6.61 Å². The number of carbonyl (C=O) groups is 1. The number of benzene rings is 1. The summed E-state index contributed by atoms with van der Waals surface area (Å²) in [6.07, 6.45) is 0. The highest BCUT2D eigenvalue weighted by molar-refractivity contribution is 5.86. The number of nitrogens with one attached hydrogen (secondary N) is 1. The molecule has 2 aliphatic rings. The minimum atomic E-state index is -0.218. The molecular weight excluding hydrogens is 264 g/mol. The summed E-state index contributed by atoms with van der Waals surface area (Å²) in [5, 5.41) is 3.21. The molecule has 1 fully saturated rings. The fourth-order valence-corrected chi connectivity index (χ4v) is 4.18. The molecule has 0 saturated heterocycles. The van der Waals surface area contributed by atoms with Gasteiger partial charge in [0.2, 0.25) is 5.91 Å². The first-order valence-electron chi connectivity index (χ1n) is 7.54. The van der Waals surface area contributed by atoms with Crippen molar-refractivity contribution in [2.45, 2.75) is 45.7 Å². The minimum Gasteiger partial charge on any atom is -0.492 e. The number of hydrogen-bond donors (Lipinski definition) is 2. The number of fused-ring (bicyclic) bond motifs is 1. The summed E-state index contributed by atoms with van der Waals surface area (Å²) < 4.78 is 5.60. The Labute approximate surface area is 126 Å². The average molecular weight is 288 g/mol. The van der Waals surface area contributed by atoms with Gasteiger partial charge < -0.3 is 15.8 Å². The van der Waals surface area contributed by atoms with E-state index in [4.69, 9.17) is 10.5 Å². The quantitative estimate of drug-likeness (QED) is 0.875. The van der Waals surface area contributed by atoms with E-state index in [1.165, 1.54) is 0 Å². The summed E-state index contributed by atoms with van der Waals surface area (Å²) in [6, 6.07) is 7.92. The van der Waals surface area contributed by atoms with E-state index >= 15 is 0 Å². The Morgan fingerprint density at radius 2 is 1.86 bits per heavy atom. The van der Waals surface area contributed by atoms with Gasteiger partial charge in [0.15, 0.2) is 0 Å². The second-order valence-electron chi connectivity index (χ2n) is 7.46. The van der Waals surface area contributed by atoms with Crippen LogP contribution in [0.2, 0.25) is 0 Å². The molecule has 1 aliphatic heterocycles. The van der Waals surface area contributed by atoms with Crippen molar-refractivity contribution in [2.75, 3.05) is 6.61 Å². The van der Waals surface area contributed by atoms with Gasteiger partial charge in [-0.3, -0.25) is 4.79 Å². The number of ether oxygens (including phenoxy) is 1. The van der Waals surface area contributed by atoms with Gasteiger partial charge >= 0.3 is 0 Å². The number of para-hydroxylation sites is 1. The number of rotatable bonds is 2. The smallest absolute Gasteiger partial charge is 0.231 e. The maximum atomic E-state index is 12.7. The Hall–Kier alpha value is -1.55.